The summed E-state index contributed by atoms with van der Waals surface area (Å²) in [6.45, 7) is 0. The van der Waals surface area contributed by atoms with Gasteiger partial charge in [0.15, 0.2) is 10.7 Å². The van der Waals surface area contributed by atoms with Gasteiger partial charge in [0, 0.05) is 0 Å². The molecule has 3 aromatic rings. The normalized spacial score (nSPS) is 10.8. The van der Waals surface area contributed by atoms with Crippen molar-refractivity contribution >= 4 is 22.7 Å². The van der Waals surface area contributed by atoms with Crippen LogP contribution >= 0.6 is 11.6 Å². The van der Waals surface area contributed by atoms with Crippen LogP contribution in [-0.2, 0) is 0 Å². The molecule has 1 radical (unpaired) electrons. The molecule has 4 nitrogen and oxygen atoms in total. The van der Waals surface area contributed by atoms with E-state index in [1.54, 1.807) is 24.3 Å². The Hall–Kier alpha value is -1.94. The maximum atomic E-state index is 5.65. The maximum Gasteiger partial charge on any atom is 0.248 e. The van der Waals surface area contributed by atoms with E-state index in [1.807, 2.05) is 6.07 Å². The van der Waals surface area contributed by atoms with Gasteiger partial charge < -0.3 is 4.42 Å². The Morgan fingerprint density at radius 2 is 2.12 bits per heavy atom. The minimum Gasteiger partial charge on any atom is -0.435 e. The summed E-state index contributed by atoms with van der Waals surface area (Å²) in [5, 5.41) is 7.97. The second-order valence-corrected chi connectivity index (χ2v) is 3.54. The molecule has 0 bridgehead atoms. The molecule has 0 N–H and O–H groups in total. The molecular weight excluding hydrogens is 226 g/mol. The molecule has 0 spiro atoms. The molecule has 0 fully saturated rings. The van der Waals surface area contributed by atoms with E-state index in [0.717, 1.165) is 5.52 Å². The number of benzene rings is 1. The van der Waals surface area contributed by atoms with Crippen LogP contribution in [0, 0.1) is 6.07 Å². The van der Waals surface area contributed by atoms with E-state index in [4.69, 9.17) is 16.0 Å². The minimum atomic E-state index is 0.341. The van der Waals surface area contributed by atoms with Crippen LogP contribution in [0.1, 0.15) is 0 Å². The molecule has 0 amide bonds. The van der Waals surface area contributed by atoms with E-state index in [0.29, 0.717) is 22.3 Å². The van der Waals surface area contributed by atoms with Gasteiger partial charge in [-0.1, -0.05) is 17.7 Å². The molecule has 0 aliphatic rings. The van der Waals surface area contributed by atoms with Gasteiger partial charge in [-0.2, -0.15) is 0 Å². The largest absolute Gasteiger partial charge is 0.435 e. The van der Waals surface area contributed by atoms with Crippen molar-refractivity contribution in [2.45, 2.75) is 0 Å². The zero-order valence-electron chi connectivity index (χ0n) is 8.01. The van der Waals surface area contributed by atoms with Crippen molar-refractivity contribution in [2.75, 3.05) is 0 Å². The fraction of sp³-hybridized carbons (Fsp3) is 0. The van der Waals surface area contributed by atoms with Crippen LogP contribution in [0.25, 0.3) is 22.7 Å². The first kappa shape index (κ1) is 9.30. The highest BCUT2D eigenvalue weighted by molar-refractivity contribution is 6.29. The number of halogens is 1. The predicted molar refractivity (Wildman–Crippen MR) is 58.9 cm³/mol. The third kappa shape index (κ3) is 1.53. The van der Waals surface area contributed by atoms with Gasteiger partial charge in [0.25, 0.3) is 0 Å². The van der Waals surface area contributed by atoms with Crippen molar-refractivity contribution in [3.8, 4) is 11.6 Å². The summed E-state index contributed by atoms with van der Waals surface area (Å²) in [4.78, 5) is 4.28. The van der Waals surface area contributed by atoms with Crippen LogP contribution in [-0.4, -0.2) is 15.2 Å². The minimum absolute atomic E-state index is 0.341. The molecule has 16 heavy (non-hydrogen) atoms. The molecule has 1 aromatic carbocycles. The molecule has 0 saturated heterocycles. The number of oxazole rings is 1. The lowest BCUT2D eigenvalue weighted by molar-refractivity contribution is 0.615. The summed E-state index contributed by atoms with van der Waals surface area (Å²) >= 11 is 5.65. The van der Waals surface area contributed by atoms with Gasteiger partial charge in [-0.3, -0.25) is 0 Å². The summed E-state index contributed by atoms with van der Waals surface area (Å²) in [5.41, 5.74) is 2.00. The molecule has 0 unspecified atom stereocenters. The number of hydrogen-bond acceptors (Lipinski definition) is 4. The Morgan fingerprint density at radius 3 is 2.88 bits per heavy atom. The van der Waals surface area contributed by atoms with Crippen molar-refractivity contribution in [3.05, 3.63) is 41.6 Å². The van der Waals surface area contributed by atoms with Crippen molar-refractivity contribution in [2.24, 2.45) is 0 Å². The smallest absolute Gasteiger partial charge is 0.248 e. The summed E-state index contributed by atoms with van der Waals surface area (Å²) in [7, 11) is 0. The third-order valence-electron chi connectivity index (χ3n) is 2.08. The number of rotatable bonds is 1. The average molecular weight is 231 g/mol. The van der Waals surface area contributed by atoms with Gasteiger partial charge >= 0.3 is 0 Å². The zero-order chi connectivity index (χ0) is 11.0. The van der Waals surface area contributed by atoms with Crippen LogP contribution < -0.4 is 0 Å². The van der Waals surface area contributed by atoms with Gasteiger partial charge in [-0.15, -0.1) is 10.2 Å². The van der Waals surface area contributed by atoms with Crippen molar-refractivity contribution < 1.29 is 4.42 Å². The molecule has 3 rings (SSSR count). The third-order valence-corrected chi connectivity index (χ3v) is 2.29. The van der Waals surface area contributed by atoms with E-state index >= 15 is 0 Å². The number of hydrogen-bond donors (Lipinski definition) is 0. The Morgan fingerprint density at radius 1 is 1.19 bits per heavy atom. The second-order valence-electron chi connectivity index (χ2n) is 3.15. The molecule has 5 heteroatoms. The van der Waals surface area contributed by atoms with Crippen LogP contribution in [0.2, 0.25) is 5.15 Å². The van der Waals surface area contributed by atoms with E-state index in [2.05, 4.69) is 21.2 Å². The van der Waals surface area contributed by atoms with E-state index in [-0.39, 0.29) is 0 Å². The standard InChI is InChI=1S/C11H5ClN3O/c12-10-6-5-8(14-15-10)11-13-7-3-1-2-4-9(7)16-11/h1,3-6H. The van der Waals surface area contributed by atoms with Crippen molar-refractivity contribution in [3.63, 3.8) is 0 Å². The van der Waals surface area contributed by atoms with E-state index in [1.165, 1.54) is 0 Å². The Kier molecular flexibility index (Phi) is 2.08. The Labute approximate surface area is 95.9 Å². The SMILES string of the molecule is Clc1ccc(-c2nc3cc[c]cc3o2)nn1. The van der Waals surface area contributed by atoms with Crippen LogP contribution in [0.3, 0.4) is 0 Å². The zero-order valence-corrected chi connectivity index (χ0v) is 8.77. The fourth-order valence-corrected chi connectivity index (χ4v) is 1.46. The number of nitrogens with zero attached hydrogens (tertiary/aromatic N) is 3. The van der Waals surface area contributed by atoms with E-state index in [9.17, 15) is 0 Å². The molecule has 0 saturated carbocycles. The van der Waals surface area contributed by atoms with Crippen LogP contribution in [0.15, 0.2) is 34.7 Å². The highest BCUT2D eigenvalue weighted by atomic mass is 35.5. The molecular formula is C11H5ClN3O. The first-order chi connectivity index (χ1) is 7.83. The first-order valence-corrected chi connectivity index (χ1v) is 4.97. The van der Waals surface area contributed by atoms with Crippen LogP contribution in [0.4, 0.5) is 0 Å². The van der Waals surface area contributed by atoms with Gasteiger partial charge in [-0.05, 0) is 30.3 Å². The van der Waals surface area contributed by atoms with Crippen molar-refractivity contribution in [1.82, 2.24) is 15.2 Å². The summed E-state index contributed by atoms with van der Waals surface area (Å²) in [6, 6.07) is 11.6. The van der Waals surface area contributed by atoms with Gasteiger partial charge in [-0.25, -0.2) is 4.98 Å². The van der Waals surface area contributed by atoms with Crippen molar-refractivity contribution in [1.29, 1.82) is 0 Å². The Balaban J connectivity index is 2.15. The molecule has 2 heterocycles. The highest BCUT2D eigenvalue weighted by Gasteiger charge is 2.09. The molecule has 77 valence electrons. The molecule has 0 atom stereocenters. The van der Waals surface area contributed by atoms with Gasteiger partial charge in [0.2, 0.25) is 5.89 Å². The lowest BCUT2D eigenvalue weighted by atomic mass is 10.3. The van der Waals surface area contributed by atoms with E-state index < -0.39 is 0 Å². The number of fused-ring (bicyclic) bond motifs is 1. The first-order valence-electron chi connectivity index (χ1n) is 4.59. The topological polar surface area (TPSA) is 51.8 Å². The Bertz CT molecular complexity index is 600. The summed E-state index contributed by atoms with van der Waals surface area (Å²) < 4.78 is 5.51. The monoisotopic (exact) mass is 230 g/mol. The lowest BCUT2D eigenvalue weighted by Crippen LogP contribution is -1.86. The number of aromatic nitrogens is 3. The summed E-state index contributed by atoms with van der Waals surface area (Å²) in [6.07, 6.45) is 0. The van der Waals surface area contributed by atoms with Gasteiger partial charge in [0.05, 0.1) is 0 Å². The highest BCUT2D eigenvalue weighted by Crippen LogP contribution is 2.22. The average Bonchev–Trinajstić information content (AvgIpc) is 2.73. The molecule has 0 aliphatic carbocycles. The lowest BCUT2D eigenvalue weighted by Gasteiger charge is -1.91. The second kappa shape index (κ2) is 3.57. The maximum absolute atomic E-state index is 5.65. The van der Waals surface area contributed by atoms with Gasteiger partial charge in [0.1, 0.15) is 11.2 Å². The summed E-state index contributed by atoms with van der Waals surface area (Å²) in [5.74, 6) is 0.429. The van der Waals surface area contributed by atoms with Crippen LogP contribution in [0.5, 0.6) is 0 Å². The quantitative estimate of drug-likeness (QED) is 0.645. The molecule has 2 aromatic heterocycles. The predicted octanol–water partition coefficient (Wildman–Crippen LogP) is 2.74. The molecule has 0 aliphatic heterocycles. The fourth-order valence-electron chi connectivity index (χ4n) is 1.36.